The van der Waals surface area contributed by atoms with Crippen LogP contribution in [0.4, 0.5) is 5.69 Å². The third-order valence-electron chi connectivity index (χ3n) is 13.4. The molecule has 1 N–H and O–H groups in total. The molecule has 12 nitrogen and oxygen atoms in total. The second kappa shape index (κ2) is 14.2. The number of likely N-dealkylation sites (tertiary alicyclic amines) is 1. The van der Waals surface area contributed by atoms with Crippen LogP contribution < -0.4 is 15.0 Å². The van der Waals surface area contributed by atoms with Crippen LogP contribution >= 0.6 is 11.6 Å². The quantitative estimate of drug-likeness (QED) is 0.256. The van der Waals surface area contributed by atoms with E-state index in [1.54, 1.807) is 30.3 Å². The Morgan fingerprint density at radius 3 is 2.24 bits per heavy atom. The molecule has 5 heterocycles. The van der Waals surface area contributed by atoms with Crippen LogP contribution in [0.2, 0.25) is 5.02 Å². The van der Waals surface area contributed by atoms with Crippen molar-refractivity contribution in [1.82, 2.24) is 20.0 Å². The van der Waals surface area contributed by atoms with Crippen LogP contribution in [0.1, 0.15) is 101 Å². The van der Waals surface area contributed by atoms with Crippen molar-refractivity contribution in [3.05, 3.63) is 93.0 Å². The number of carbonyl (C=O) groups excluding carboxylic acids is 5. The van der Waals surface area contributed by atoms with Gasteiger partial charge >= 0.3 is 0 Å². The van der Waals surface area contributed by atoms with E-state index in [0.29, 0.717) is 34.5 Å². The van der Waals surface area contributed by atoms with E-state index in [4.69, 9.17) is 16.3 Å². The van der Waals surface area contributed by atoms with E-state index in [0.717, 1.165) is 66.3 Å². The molecule has 0 spiro atoms. The summed E-state index contributed by atoms with van der Waals surface area (Å²) in [5, 5.41) is 11.9. The lowest BCUT2D eigenvalue weighted by molar-refractivity contribution is -0.199. The molecule has 1 atom stereocenters. The van der Waals surface area contributed by atoms with E-state index in [2.05, 4.69) is 66.8 Å². The van der Waals surface area contributed by atoms with Crippen LogP contribution in [-0.4, -0.2) is 94.6 Å². The molecule has 3 saturated heterocycles. The first-order valence-electron chi connectivity index (χ1n) is 20.3. The molecule has 302 valence electrons. The van der Waals surface area contributed by atoms with Gasteiger partial charge in [-0.05, 0) is 73.4 Å². The molecule has 1 aliphatic carbocycles. The van der Waals surface area contributed by atoms with Crippen LogP contribution in [0.5, 0.6) is 5.75 Å². The minimum Gasteiger partial charge on any atom is -0.489 e. The maximum Gasteiger partial charge on any atom is 0.262 e. The molecule has 59 heavy (non-hydrogen) atoms. The Hall–Kier alpha value is -5.69. The van der Waals surface area contributed by atoms with Gasteiger partial charge in [0.25, 0.3) is 17.7 Å². The molecule has 4 fully saturated rings. The number of imide groups is 2. The number of piperidine rings is 2. The van der Waals surface area contributed by atoms with E-state index in [1.807, 2.05) is 23.1 Å². The van der Waals surface area contributed by atoms with Crippen molar-refractivity contribution in [3.8, 4) is 23.7 Å². The lowest BCUT2D eigenvalue weighted by Crippen LogP contribution is -2.74. The Morgan fingerprint density at radius 2 is 1.54 bits per heavy atom. The summed E-state index contributed by atoms with van der Waals surface area (Å²) in [5.74, 6) is 5.78. The fraction of sp³-hybridized carbons (Fsp3) is 0.435. The minimum absolute atomic E-state index is 0.0300. The van der Waals surface area contributed by atoms with Crippen LogP contribution in [0, 0.1) is 39.9 Å². The minimum atomic E-state index is -0.979. The summed E-state index contributed by atoms with van der Waals surface area (Å²) in [6.45, 7) is 12.5. The Bertz CT molecular complexity index is 2430. The molecular formula is C46H45ClN6O6. The van der Waals surface area contributed by atoms with E-state index >= 15 is 0 Å². The standard InChI is InChI=1S/C46H45ClN6O6/c1-45(2)43(46(3,4)44(45)59-32-10-8-28(22-48)36(47)21-32)52-25-29-19-26(7-11-33(29)40(52)56)5-6-27-23-51(24-27)30-15-17-50(18-16-30)31-9-12-34-35(20-31)42(58)53(41(34)57)37-13-14-38(54)49-39(37)55/h7-12,19-21,27,30,37,43-44H,13-18,23-25H2,1-4H3,(H,49,54,55)/t37?,43-,44-. The number of nitriles is 1. The van der Waals surface area contributed by atoms with Crippen molar-refractivity contribution in [2.45, 2.75) is 84.2 Å². The highest BCUT2D eigenvalue weighted by Crippen LogP contribution is 2.59. The number of fused-ring (bicyclic) bond motifs is 2. The molecule has 5 aliphatic heterocycles. The molecular weight excluding hydrogens is 768 g/mol. The van der Waals surface area contributed by atoms with Gasteiger partial charge in [-0.15, -0.1) is 0 Å². The first-order valence-corrected chi connectivity index (χ1v) is 20.7. The molecule has 0 bridgehead atoms. The van der Waals surface area contributed by atoms with Gasteiger partial charge in [-0.3, -0.25) is 39.1 Å². The summed E-state index contributed by atoms with van der Waals surface area (Å²) >= 11 is 6.29. The summed E-state index contributed by atoms with van der Waals surface area (Å²) in [5.41, 5.74) is 3.80. The second-order valence-electron chi connectivity index (χ2n) is 17.9. The maximum atomic E-state index is 13.8. The second-order valence-corrected chi connectivity index (χ2v) is 18.3. The number of nitrogens with zero attached hydrogens (tertiary/aromatic N) is 5. The van der Waals surface area contributed by atoms with E-state index in [-0.39, 0.29) is 53.2 Å². The number of ether oxygens (including phenoxy) is 1. The first-order chi connectivity index (χ1) is 28.1. The number of rotatable bonds is 6. The Balaban J connectivity index is 0.776. The fourth-order valence-corrected chi connectivity index (χ4v) is 11.1. The molecule has 5 amide bonds. The highest BCUT2D eigenvalue weighted by molar-refractivity contribution is 6.31. The molecule has 3 aromatic rings. The number of anilines is 1. The Kier molecular flexibility index (Phi) is 9.37. The molecule has 0 radical (unpaired) electrons. The van der Waals surface area contributed by atoms with Crippen molar-refractivity contribution in [2.75, 3.05) is 31.1 Å². The van der Waals surface area contributed by atoms with Crippen LogP contribution in [0.3, 0.4) is 0 Å². The van der Waals surface area contributed by atoms with E-state index in [9.17, 15) is 29.2 Å². The zero-order valence-electron chi connectivity index (χ0n) is 33.5. The molecule has 13 heteroatoms. The summed E-state index contributed by atoms with van der Waals surface area (Å²) in [4.78, 5) is 72.1. The van der Waals surface area contributed by atoms with Crippen LogP contribution in [0.25, 0.3) is 0 Å². The van der Waals surface area contributed by atoms with Crippen LogP contribution in [0.15, 0.2) is 54.6 Å². The van der Waals surface area contributed by atoms with Gasteiger partial charge in [-0.25, -0.2) is 0 Å². The zero-order chi connectivity index (χ0) is 41.5. The molecule has 1 unspecified atom stereocenters. The van der Waals surface area contributed by atoms with Gasteiger partial charge in [0.2, 0.25) is 11.8 Å². The number of hydrogen-bond acceptors (Lipinski definition) is 9. The van der Waals surface area contributed by atoms with Crippen molar-refractivity contribution in [1.29, 1.82) is 5.26 Å². The number of halogens is 1. The van der Waals surface area contributed by atoms with Gasteiger partial charge in [0.1, 0.15) is 24.0 Å². The summed E-state index contributed by atoms with van der Waals surface area (Å²) in [6, 6.07) is 17.8. The lowest BCUT2D eigenvalue weighted by Gasteiger charge is -2.65. The molecule has 0 aromatic heterocycles. The van der Waals surface area contributed by atoms with Crippen molar-refractivity contribution < 1.29 is 28.7 Å². The predicted molar refractivity (Wildman–Crippen MR) is 219 cm³/mol. The summed E-state index contributed by atoms with van der Waals surface area (Å²) in [7, 11) is 0. The molecule has 3 aromatic carbocycles. The molecule has 6 aliphatic rings. The molecule has 9 rings (SSSR count). The summed E-state index contributed by atoms with van der Waals surface area (Å²) < 4.78 is 6.47. The number of benzene rings is 3. The van der Waals surface area contributed by atoms with Gasteiger partial charge in [0.15, 0.2) is 0 Å². The van der Waals surface area contributed by atoms with Gasteiger partial charge in [0.05, 0.1) is 21.7 Å². The van der Waals surface area contributed by atoms with E-state index < -0.39 is 29.7 Å². The van der Waals surface area contributed by atoms with Gasteiger partial charge < -0.3 is 14.5 Å². The topological polar surface area (TPSA) is 143 Å². The third kappa shape index (κ3) is 6.45. The Morgan fingerprint density at radius 1 is 0.831 bits per heavy atom. The normalized spacial score (nSPS) is 25.1. The molecule has 1 saturated carbocycles. The lowest BCUT2D eigenvalue weighted by atomic mass is 9.49. The number of nitrogens with one attached hydrogen (secondary N) is 1. The van der Waals surface area contributed by atoms with Crippen molar-refractivity contribution >= 4 is 46.8 Å². The third-order valence-corrected chi connectivity index (χ3v) is 13.7. The van der Waals surface area contributed by atoms with Crippen LogP contribution in [-0.2, 0) is 16.1 Å². The van der Waals surface area contributed by atoms with Gasteiger partial charge in [-0.2, -0.15) is 5.26 Å². The van der Waals surface area contributed by atoms with Crippen molar-refractivity contribution in [3.63, 3.8) is 0 Å². The largest absolute Gasteiger partial charge is 0.489 e. The average Bonchev–Trinajstić information content (AvgIpc) is 3.63. The van der Waals surface area contributed by atoms with E-state index in [1.165, 1.54) is 0 Å². The van der Waals surface area contributed by atoms with Gasteiger partial charge in [0, 0.05) is 90.9 Å². The fourth-order valence-electron chi connectivity index (χ4n) is 10.9. The predicted octanol–water partition coefficient (Wildman–Crippen LogP) is 5.40. The average molecular weight is 813 g/mol. The highest BCUT2D eigenvalue weighted by Gasteiger charge is 2.67. The smallest absolute Gasteiger partial charge is 0.262 e. The number of carbonyl (C=O) groups is 5. The van der Waals surface area contributed by atoms with Gasteiger partial charge in [-0.1, -0.05) is 51.1 Å². The highest BCUT2D eigenvalue weighted by atomic mass is 35.5. The Labute approximate surface area is 348 Å². The first kappa shape index (κ1) is 38.8. The maximum absolute atomic E-state index is 13.8. The van der Waals surface area contributed by atoms with Crippen molar-refractivity contribution in [2.24, 2.45) is 16.7 Å². The number of amides is 5. The SMILES string of the molecule is CC1(C)[C@H](Oc2ccc(C#N)c(Cl)c2)C(C)(C)[C@H]1N1Cc2cc(C#CC3CN(C4CCN(c5ccc6c(c5)C(=O)N(C5CCC(=O)NC5=O)C6=O)CC4)C3)ccc2C1=O. The zero-order valence-corrected chi connectivity index (χ0v) is 34.3. The monoisotopic (exact) mass is 812 g/mol. The summed E-state index contributed by atoms with van der Waals surface area (Å²) in [6.07, 6.45) is 1.97. The number of hydrogen-bond donors (Lipinski definition) is 1.